The van der Waals surface area contributed by atoms with Crippen LogP contribution in [0.25, 0.3) is 33.3 Å². The molecule has 0 bridgehead atoms. The van der Waals surface area contributed by atoms with Crippen LogP contribution in [0.15, 0.2) is 28.8 Å². The van der Waals surface area contributed by atoms with Gasteiger partial charge in [-0.15, -0.1) is 0 Å². The van der Waals surface area contributed by atoms with Crippen molar-refractivity contribution in [1.29, 1.82) is 0 Å². The van der Waals surface area contributed by atoms with Crippen molar-refractivity contribution in [3.63, 3.8) is 0 Å². The fraction of sp³-hybridized carbons (Fsp3) is 0.304. The van der Waals surface area contributed by atoms with Gasteiger partial charge in [-0.1, -0.05) is 13.8 Å². The second kappa shape index (κ2) is 6.36. The van der Waals surface area contributed by atoms with Gasteiger partial charge in [0, 0.05) is 11.6 Å². The lowest BCUT2D eigenvalue weighted by Gasteiger charge is -2.12. The first-order valence-electron chi connectivity index (χ1n) is 9.38. The minimum absolute atomic E-state index is 0.122. The van der Waals surface area contributed by atoms with Crippen molar-refractivity contribution < 1.29 is 17.8 Å². The summed E-state index contributed by atoms with van der Waals surface area (Å²) in [5.74, 6) is -0.620. The molecule has 3 heterocycles. The lowest BCUT2D eigenvalue weighted by molar-refractivity contribution is -0.660. The Hall–Kier alpha value is -2.82. The number of hydrogen-bond acceptors (Lipinski definition) is 2. The van der Waals surface area contributed by atoms with Crippen molar-refractivity contribution in [3.8, 4) is 11.3 Å². The highest BCUT2D eigenvalue weighted by atomic mass is 19.1. The summed E-state index contributed by atoms with van der Waals surface area (Å²) in [6.07, 6.45) is 2.11. The van der Waals surface area contributed by atoms with Crippen LogP contribution in [-0.4, -0.2) is 4.98 Å². The van der Waals surface area contributed by atoms with Crippen LogP contribution < -0.4 is 4.57 Å². The Morgan fingerprint density at radius 3 is 2.36 bits per heavy atom. The summed E-state index contributed by atoms with van der Waals surface area (Å²) in [5.41, 5.74) is 6.03. The molecular weight excluding hydrogens is 358 g/mol. The molecule has 0 radical (unpaired) electrons. The zero-order chi connectivity index (χ0) is 20.3. The van der Waals surface area contributed by atoms with E-state index < -0.39 is 5.95 Å². The Morgan fingerprint density at radius 2 is 1.68 bits per heavy atom. The van der Waals surface area contributed by atoms with Gasteiger partial charge in [-0.2, -0.15) is 9.37 Å². The monoisotopic (exact) mass is 381 g/mol. The van der Waals surface area contributed by atoms with Crippen LogP contribution in [0.5, 0.6) is 0 Å². The molecule has 0 saturated heterocycles. The first kappa shape index (κ1) is 18.5. The summed E-state index contributed by atoms with van der Waals surface area (Å²) in [5, 5.41) is 0.875. The average Bonchev–Trinajstić information content (AvgIpc) is 2.96. The standard InChI is InChI=1S/C23H23F2N2O/c1-11(2)15-10-27(6)17(8-12(15)3)19-13(4)7-16(24)21-20-14(5)9-18(25)26-23(20)28-22(19)21/h7-11H,1-6H3/q+1. The van der Waals surface area contributed by atoms with E-state index >= 15 is 0 Å². The minimum Gasteiger partial charge on any atom is -0.437 e. The number of fused-ring (bicyclic) bond motifs is 3. The molecule has 3 aromatic heterocycles. The maximum Gasteiger partial charge on any atom is 0.230 e. The fourth-order valence-corrected chi connectivity index (χ4v) is 4.10. The number of hydrogen-bond donors (Lipinski definition) is 0. The second-order valence-corrected chi connectivity index (χ2v) is 7.86. The molecule has 144 valence electrons. The number of pyridine rings is 2. The van der Waals surface area contributed by atoms with Crippen LogP contribution in [0.1, 0.15) is 42.0 Å². The molecule has 0 N–H and O–H groups in total. The highest BCUT2D eigenvalue weighted by Gasteiger charge is 2.26. The number of nitrogens with zero attached hydrogens (tertiary/aromatic N) is 2. The molecule has 28 heavy (non-hydrogen) atoms. The summed E-state index contributed by atoms with van der Waals surface area (Å²) in [4.78, 5) is 3.85. The van der Waals surface area contributed by atoms with E-state index in [1.165, 1.54) is 17.7 Å². The maximum absolute atomic E-state index is 14.9. The number of aryl methyl sites for hydroxylation is 4. The molecule has 0 aliphatic heterocycles. The summed E-state index contributed by atoms with van der Waals surface area (Å²) in [6, 6.07) is 4.92. The first-order chi connectivity index (χ1) is 13.2. The van der Waals surface area contributed by atoms with Crippen molar-refractivity contribution >= 4 is 22.1 Å². The largest absolute Gasteiger partial charge is 0.437 e. The van der Waals surface area contributed by atoms with Crippen LogP contribution in [0.4, 0.5) is 8.78 Å². The van der Waals surface area contributed by atoms with Crippen LogP contribution in [-0.2, 0) is 7.05 Å². The van der Waals surface area contributed by atoms with Gasteiger partial charge in [-0.05, 0) is 55.5 Å². The molecule has 0 saturated carbocycles. The third kappa shape index (κ3) is 2.68. The van der Waals surface area contributed by atoms with Gasteiger partial charge in [-0.25, -0.2) is 8.96 Å². The summed E-state index contributed by atoms with van der Waals surface area (Å²) >= 11 is 0. The minimum atomic E-state index is -0.634. The fourth-order valence-electron chi connectivity index (χ4n) is 4.10. The molecule has 0 aliphatic rings. The quantitative estimate of drug-likeness (QED) is 0.324. The van der Waals surface area contributed by atoms with E-state index in [4.69, 9.17) is 4.42 Å². The molecule has 0 unspecified atom stereocenters. The summed E-state index contributed by atoms with van der Waals surface area (Å²) in [7, 11) is 1.97. The van der Waals surface area contributed by atoms with Gasteiger partial charge in [0.2, 0.25) is 17.4 Å². The number of rotatable bonds is 2. The molecule has 4 aromatic rings. The SMILES string of the molecule is Cc1cc(-c2c(C)cc(F)c3c2oc2nc(F)cc(C)c23)[n+](C)cc1C(C)C. The van der Waals surface area contributed by atoms with E-state index in [2.05, 4.69) is 38.0 Å². The lowest BCUT2D eigenvalue weighted by atomic mass is 9.95. The van der Waals surface area contributed by atoms with Crippen molar-refractivity contribution in [2.75, 3.05) is 0 Å². The highest BCUT2D eigenvalue weighted by Crippen LogP contribution is 2.39. The van der Waals surface area contributed by atoms with Crippen molar-refractivity contribution in [2.45, 2.75) is 40.5 Å². The molecule has 0 fully saturated rings. The molecule has 0 amide bonds. The lowest BCUT2D eigenvalue weighted by Crippen LogP contribution is -2.32. The number of aromatic nitrogens is 2. The van der Waals surface area contributed by atoms with E-state index in [0.29, 0.717) is 27.8 Å². The topological polar surface area (TPSA) is 29.9 Å². The van der Waals surface area contributed by atoms with Gasteiger partial charge in [0.25, 0.3) is 0 Å². The zero-order valence-electron chi connectivity index (χ0n) is 16.9. The predicted octanol–water partition coefficient (Wildman–Crippen LogP) is 5.80. The molecule has 1 aromatic carbocycles. The van der Waals surface area contributed by atoms with Gasteiger partial charge in [-0.3, -0.25) is 0 Å². The number of benzene rings is 1. The van der Waals surface area contributed by atoms with E-state index in [1.54, 1.807) is 6.92 Å². The summed E-state index contributed by atoms with van der Waals surface area (Å²) in [6.45, 7) is 9.99. The van der Waals surface area contributed by atoms with Crippen LogP contribution in [0.2, 0.25) is 0 Å². The van der Waals surface area contributed by atoms with E-state index in [0.717, 1.165) is 22.4 Å². The Balaban J connectivity index is 2.14. The van der Waals surface area contributed by atoms with Crippen molar-refractivity contribution in [1.82, 2.24) is 4.98 Å². The zero-order valence-corrected chi connectivity index (χ0v) is 16.9. The van der Waals surface area contributed by atoms with Crippen LogP contribution in [0.3, 0.4) is 0 Å². The molecule has 3 nitrogen and oxygen atoms in total. The predicted molar refractivity (Wildman–Crippen MR) is 106 cm³/mol. The van der Waals surface area contributed by atoms with Gasteiger partial charge < -0.3 is 4.42 Å². The van der Waals surface area contributed by atoms with Crippen molar-refractivity contribution in [2.24, 2.45) is 7.05 Å². The van der Waals surface area contributed by atoms with Gasteiger partial charge in [0.05, 0.1) is 16.3 Å². The Kier molecular flexibility index (Phi) is 4.21. The van der Waals surface area contributed by atoms with E-state index in [9.17, 15) is 8.78 Å². The first-order valence-corrected chi connectivity index (χ1v) is 9.38. The normalized spacial score (nSPS) is 11.9. The Morgan fingerprint density at radius 1 is 0.964 bits per heavy atom. The molecule has 0 spiro atoms. The molecule has 0 aliphatic carbocycles. The third-order valence-corrected chi connectivity index (χ3v) is 5.43. The summed E-state index contributed by atoms with van der Waals surface area (Å²) < 4.78 is 36.7. The third-order valence-electron chi connectivity index (χ3n) is 5.43. The molecule has 0 atom stereocenters. The average molecular weight is 381 g/mol. The van der Waals surface area contributed by atoms with E-state index in [-0.39, 0.29) is 11.5 Å². The smallest absolute Gasteiger partial charge is 0.230 e. The van der Waals surface area contributed by atoms with E-state index in [1.807, 2.05) is 18.5 Å². The maximum atomic E-state index is 14.9. The van der Waals surface area contributed by atoms with Crippen LogP contribution >= 0.6 is 0 Å². The highest BCUT2D eigenvalue weighted by molar-refractivity contribution is 6.10. The Labute approximate surface area is 162 Å². The molecule has 4 rings (SSSR count). The number of halogens is 2. The number of furan rings is 1. The Bertz CT molecular complexity index is 1260. The second-order valence-electron chi connectivity index (χ2n) is 7.86. The van der Waals surface area contributed by atoms with Gasteiger partial charge >= 0.3 is 0 Å². The molecular formula is C23H23F2N2O+. The van der Waals surface area contributed by atoms with Crippen molar-refractivity contribution in [3.05, 3.63) is 58.4 Å². The van der Waals surface area contributed by atoms with Gasteiger partial charge in [0.15, 0.2) is 11.8 Å². The molecule has 5 heteroatoms. The van der Waals surface area contributed by atoms with Gasteiger partial charge in [0.1, 0.15) is 12.9 Å². The van der Waals surface area contributed by atoms with Crippen LogP contribution in [0, 0.1) is 32.5 Å².